The minimum atomic E-state index is -0.211. The summed E-state index contributed by atoms with van der Waals surface area (Å²) in [6.07, 6.45) is 1.74. The van der Waals surface area contributed by atoms with Gasteiger partial charge in [0, 0.05) is 37.2 Å². The van der Waals surface area contributed by atoms with Crippen molar-refractivity contribution in [1.29, 1.82) is 0 Å². The van der Waals surface area contributed by atoms with Crippen LogP contribution in [0.3, 0.4) is 0 Å². The molecule has 2 amide bonds. The first kappa shape index (κ1) is 19.2. The zero-order valence-corrected chi connectivity index (χ0v) is 16.7. The lowest BCUT2D eigenvalue weighted by molar-refractivity contribution is -0.133. The average Bonchev–Trinajstić information content (AvgIpc) is 3.45. The summed E-state index contributed by atoms with van der Waals surface area (Å²) in [6.45, 7) is 2.90. The smallest absolute Gasteiger partial charge is 0.242 e. The van der Waals surface area contributed by atoms with Crippen LogP contribution in [0.25, 0.3) is 10.8 Å². The third kappa shape index (κ3) is 4.83. The number of thiazole rings is 1. The van der Waals surface area contributed by atoms with Crippen molar-refractivity contribution in [3.63, 3.8) is 0 Å². The number of carbonyl (C=O) groups excluding carboxylic acids is 2. The Bertz CT molecular complexity index is 947. The second-order valence-electron chi connectivity index (χ2n) is 6.78. The summed E-state index contributed by atoms with van der Waals surface area (Å²) >= 11 is 1.43. The van der Waals surface area contributed by atoms with Gasteiger partial charge in [-0.1, -0.05) is 18.2 Å². The SMILES string of the molecule is O=C(Cc1csc(-c2ccco2)n1)NCC(=O)N1CCN(c2ccccc2)CC1. The van der Waals surface area contributed by atoms with Gasteiger partial charge in [-0.15, -0.1) is 11.3 Å². The molecule has 3 aromatic rings. The number of piperazine rings is 1. The summed E-state index contributed by atoms with van der Waals surface area (Å²) in [5.41, 5.74) is 1.84. The van der Waals surface area contributed by atoms with Crippen LogP contribution in [0.2, 0.25) is 0 Å². The molecule has 8 heteroatoms. The van der Waals surface area contributed by atoms with E-state index in [-0.39, 0.29) is 24.8 Å². The number of nitrogens with one attached hydrogen (secondary N) is 1. The Morgan fingerprint density at radius 1 is 1.07 bits per heavy atom. The zero-order chi connectivity index (χ0) is 20.1. The summed E-state index contributed by atoms with van der Waals surface area (Å²) in [5, 5.41) is 5.29. The number of nitrogens with zero attached hydrogens (tertiary/aromatic N) is 3. The third-order valence-electron chi connectivity index (χ3n) is 4.82. The molecule has 1 aliphatic rings. The molecule has 1 aromatic carbocycles. The van der Waals surface area contributed by atoms with Crippen LogP contribution in [0.4, 0.5) is 5.69 Å². The number of furan rings is 1. The molecule has 4 rings (SSSR count). The van der Waals surface area contributed by atoms with Crippen molar-refractivity contribution < 1.29 is 14.0 Å². The first-order valence-electron chi connectivity index (χ1n) is 9.52. The van der Waals surface area contributed by atoms with Gasteiger partial charge in [0.05, 0.1) is 24.9 Å². The van der Waals surface area contributed by atoms with Gasteiger partial charge in [0.2, 0.25) is 11.8 Å². The molecular formula is C21H22N4O3S. The standard InChI is InChI=1S/C21H22N4O3S/c26-19(13-16-15-29-21(23-16)18-7-4-12-28-18)22-14-20(27)25-10-8-24(9-11-25)17-5-2-1-3-6-17/h1-7,12,15H,8-11,13-14H2,(H,22,26). The van der Waals surface area contributed by atoms with Gasteiger partial charge in [0.1, 0.15) is 0 Å². The van der Waals surface area contributed by atoms with Crippen molar-refractivity contribution in [2.45, 2.75) is 6.42 Å². The molecule has 0 aliphatic carbocycles. The number of amides is 2. The maximum absolute atomic E-state index is 12.4. The number of hydrogen-bond donors (Lipinski definition) is 1. The van der Waals surface area contributed by atoms with E-state index in [4.69, 9.17) is 4.42 Å². The van der Waals surface area contributed by atoms with Gasteiger partial charge in [-0.3, -0.25) is 9.59 Å². The Morgan fingerprint density at radius 2 is 1.86 bits per heavy atom. The molecule has 0 spiro atoms. The van der Waals surface area contributed by atoms with E-state index in [2.05, 4.69) is 27.3 Å². The van der Waals surface area contributed by atoms with Gasteiger partial charge in [0.15, 0.2) is 10.8 Å². The second-order valence-corrected chi connectivity index (χ2v) is 7.64. The van der Waals surface area contributed by atoms with Crippen LogP contribution in [-0.2, 0) is 16.0 Å². The minimum Gasteiger partial charge on any atom is -0.462 e. The molecule has 1 saturated heterocycles. The maximum Gasteiger partial charge on any atom is 0.242 e. The van der Waals surface area contributed by atoms with Gasteiger partial charge < -0.3 is 19.5 Å². The van der Waals surface area contributed by atoms with Crippen molar-refractivity contribution in [2.24, 2.45) is 0 Å². The highest BCUT2D eigenvalue weighted by atomic mass is 32.1. The zero-order valence-electron chi connectivity index (χ0n) is 15.9. The molecule has 1 aliphatic heterocycles. The monoisotopic (exact) mass is 410 g/mol. The predicted octanol–water partition coefficient (Wildman–Crippen LogP) is 2.41. The van der Waals surface area contributed by atoms with Crippen LogP contribution in [0.15, 0.2) is 58.5 Å². The van der Waals surface area contributed by atoms with Crippen LogP contribution in [0.5, 0.6) is 0 Å². The topological polar surface area (TPSA) is 78.7 Å². The highest BCUT2D eigenvalue weighted by Crippen LogP contribution is 2.24. The summed E-state index contributed by atoms with van der Waals surface area (Å²) in [6, 6.07) is 13.8. The summed E-state index contributed by atoms with van der Waals surface area (Å²) in [4.78, 5) is 33.1. The predicted molar refractivity (Wildman–Crippen MR) is 112 cm³/mol. The van der Waals surface area contributed by atoms with Crippen LogP contribution in [0.1, 0.15) is 5.69 Å². The number of aromatic nitrogens is 1. The van der Waals surface area contributed by atoms with Crippen LogP contribution >= 0.6 is 11.3 Å². The molecule has 0 unspecified atom stereocenters. The Labute approximate surface area is 173 Å². The van der Waals surface area contributed by atoms with E-state index >= 15 is 0 Å². The Balaban J connectivity index is 1.21. The Hall–Kier alpha value is -3.13. The Kier molecular flexibility index (Phi) is 5.90. The van der Waals surface area contributed by atoms with Crippen LogP contribution in [0, 0.1) is 0 Å². The molecule has 0 radical (unpaired) electrons. The fourth-order valence-corrected chi connectivity index (χ4v) is 4.05. The van der Waals surface area contributed by atoms with Crippen LogP contribution < -0.4 is 10.2 Å². The van der Waals surface area contributed by atoms with Gasteiger partial charge in [-0.05, 0) is 24.3 Å². The number of benzene rings is 1. The van der Waals surface area contributed by atoms with Gasteiger partial charge in [-0.25, -0.2) is 4.98 Å². The van der Waals surface area contributed by atoms with Crippen molar-refractivity contribution in [2.75, 3.05) is 37.6 Å². The Morgan fingerprint density at radius 3 is 2.59 bits per heavy atom. The molecule has 3 heterocycles. The summed E-state index contributed by atoms with van der Waals surface area (Å²) in [7, 11) is 0. The number of para-hydroxylation sites is 1. The molecule has 2 aromatic heterocycles. The molecule has 0 saturated carbocycles. The first-order chi connectivity index (χ1) is 14.2. The molecule has 29 heavy (non-hydrogen) atoms. The first-order valence-corrected chi connectivity index (χ1v) is 10.4. The largest absolute Gasteiger partial charge is 0.462 e. The normalized spacial score (nSPS) is 14.1. The van der Waals surface area contributed by atoms with E-state index in [9.17, 15) is 9.59 Å². The fraction of sp³-hybridized carbons (Fsp3) is 0.286. The van der Waals surface area contributed by atoms with Gasteiger partial charge in [0.25, 0.3) is 0 Å². The number of anilines is 1. The molecule has 0 atom stereocenters. The summed E-state index contributed by atoms with van der Waals surface area (Å²) in [5.74, 6) is 0.421. The fourth-order valence-electron chi connectivity index (χ4n) is 3.27. The van der Waals surface area contributed by atoms with Crippen molar-refractivity contribution in [1.82, 2.24) is 15.2 Å². The van der Waals surface area contributed by atoms with Crippen molar-refractivity contribution in [3.8, 4) is 10.8 Å². The quantitative estimate of drug-likeness (QED) is 0.675. The number of rotatable bonds is 6. The highest BCUT2D eigenvalue weighted by molar-refractivity contribution is 7.13. The molecule has 7 nitrogen and oxygen atoms in total. The number of hydrogen-bond acceptors (Lipinski definition) is 6. The molecule has 1 fully saturated rings. The van der Waals surface area contributed by atoms with Gasteiger partial charge in [-0.2, -0.15) is 0 Å². The number of carbonyl (C=O) groups is 2. The lowest BCUT2D eigenvalue weighted by Gasteiger charge is -2.36. The molecule has 0 bridgehead atoms. The van der Waals surface area contributed by atoms with E-state index in [1.807, 2.05) is 29.6 Å². The van der Waals surface area contributed by atoms with Crippen molar-refractivity contribution >= 4 is 28.8 Å². The van der Waals surface area contributed by atoms with Crippen LogP contribution in [-0.4, -0.2) is 54.4 Å². The second kappa shape index (κ2) is 8.91. The summed E-state index contributed by atoms with van der Waals surface area (Å²) < 4.78 is 5.31. The van der Waals surface area contributed by atoms with E-state index in [0.717, 1.165) is 18.1 Å². The van der Waals surface area contributed by atoms with E-state index in [1.165, 1.54) is 17.0 Å². The molecular weight excluding hydrogens is 388 g/mol. The average molecular weight is 410 g/mol. The third-order valence-corrected chi connectivity index (χ3v) is 5.72. The highest BCUT2D eigenvalue weighted by Gasteiger charge is 2.21. The van der Waals surface area contributed by atoms with E-state index < -0.39 is 0 Å². The lowest BCUT2D eigenvalue weighted by atomic mass is 10.2. The van der Waals surface area contributed by atoms with E-state index in [0.29, 0.717) is 24.5 Å². The van der Waals surface area contributed by atoms with E-state index in [1.54, 1.807) is 17.2 Å². The molecule has 1 N–H and O–H groups in total. The maximum atomic E-state index is 12.4. The minimum absolute atomic E-state index is 0.0132. The lowest BCUT2D eigenvalue weighted by Crippen LogP contribution is -2.51. The van der Waals surface area contributed by atoms with Gasteiger partial charge >= 0.3 is 0 Å². The van der Waals surface area contributed by atoms with Crippen molar-refractivity contribution in [3.05, 3.63) is 59.8 Å². The molecule has 150 valence electrons.